The zero-order valence-corrected chi connectivity index (χ0v) is 17.6. The smallest absolute Gasteiger partial charge is 0.329 e. The molecule has 0 fully saturated rings. The van der Waals surface area contributed by atoms with E-state index in [-0.39, 0.29) is 6.10 Å². The minimum atomic E-state index is -1.11. The summed E-state index contributed by atoms with van der Waals surface area (Å²) in [5.74, 6) is -0.326. The fraction of sp³-hybridized carbons (Fsp3) is 0.545. The maximum atomic E-state index is 12.6. The van der Waals surface area contributed by atoms with Crippen LogP contribution >= 0.6 is 0 Å². The van der Waals surface area contributed by atoms with Gasteiger partial charge in [-0.1, -0.05) is 39.8 Å². The predicted octanol–water partition coefficient (Wildman–Crippen LogP) is 4.31. The van der Waals surface area contributed by atoms with Crippen molar-refractivity contribution in [3.8, 4) is 6.07 Å². The molecular weight excluding hydrogens is 352 g/mol. The molecule has 0 aliphatic heterocycles. The van der Waals surface area contributed by atoms with Gasteiger partial charge in [0.1, 0.15) is 5.69 Å². The maximum absolute atomic E-state index is 12.6. The molecule has 0 aliphatic rings. The molecule has 0 radical (unpaired) electrons. The fourth-order valence-electron chi connectivity index (χ4n) is 3.09. The number of para-hydroxylation sites is 2. The van der Waals surface area contributed by atoms with Crippen molar-refractivity contribution >= 4 is 22.8 Å². The molecule has 1 aromatic carbocycles. The Bertz CT molecular complexity index is 845. The van der Waals surface area contributed by atoms with Crippen molar-refractivity contribution in [2.24, 2.45) is 11.8 Å². The minimum absolute atomic E-state index is 0.303. The third-order valence-corrected chi connectivity index (χ3v) is 4.04. The van der Waals surface area contributed by atoms with Crippen molar-refractivity contribution in [1.29, 1.82) is 5.26 Å². The zero-order chi connectivity index (χ0) is 20.8. The molecule has 0 N–H and O–H groups in total. The van der Waals surface area contributed by atoms with Gasteiger partial charge in [0.2, 0.25) is 0 Å². The van der Waals surface area contributed by atoms with E-state index in [0.717, 1.165) is 18.6 Å². The van der Waals surface area contributed by atoms with Crippen LogP contribution in [0, 0.1) is 23.2 Å². The molecule has 150 valence electrons. The van der Waals surface area contributed by atoms with Crippen LogP contribution in [-0.4, -0.2) is 35.1 Å². The molecule has 0 spiro atoms. The van der Waals surface area contributed by atoms with E-state index in [1.807, 2.05) is 24.3 Å². The van der Waals surface area contributed by atoms with Crippen molar-refractivity contribution in [3.63, 3.8) is 0 Å². The lowest BCUT2D eigenvalue weighted by Gasteiger charge is -2.29. The van der Waals surface area contributed by atoms with E-state index >= 15 is 0 Å². The highest BCUT2D eigenvalue weighted by Crippen LogP contribution is 2.29. The summed E-state index contributed by atoms with van der Waals surface area (Å²) in [6.07, 6.45) is -0.303. The molecule has 0 saturated heterocycles. The molecule has 2 rings (SSSR count). The van der Waals surface area contributed by atoms with Gasteiger partial charge >= 0.3 is 5.97 Å². The molecule has 0 aliphatic carbocycles. The Labute approximate surface area is 167 Å². The summed E-state index contributed by atoms with van der Waals surface area (Å²) in [6.45, 7) is 13.6. The van der Waals surface area contributed by atoms with Crippen molar-refractivity contribution < 1.29 is 9.53 Å². The van der Waals surface area contributed by atoms with Gasteiger partial charge in [-0.25, -0.2) is 9.97 Å². The molecule has 6 heteroatoms. The molecule has 0 unspecified atom stereocenters. The number of carbonyl (C=O) groups is 1. The second-order valence-corrected chi connectivity index (χ2v) is 8.16. The SMILES string of the molecule is CC(C)CN(CC(C)C)c1nc2ccccc2nc1[C@H](C#N)C(=O)OC(C)C. The summed E-state index contributed by atoms with van der Waals surface area (Å²) in [4.78, 5) is 24.2. The Kier molecular flexibility index (Phi) is 7.33. The monoisotopic (exact) mass is 382 g/mol. The number of ether oxygens (including phenoxy) is 1. The fourth-order valence-corrected chi connectivity index (χ4v) is 3.09. The Balaban J connectivity index is 2.65. The molecule has 28 heavy (non-hydrogen) atoms. The second-order valence-electron chi connectivity index (χ2n) is 8.16. The van der Waals surface area contributed by atoms with E-state index in [1.165, 1.54) is 0 Å². The van der Waals surface area contributed by atoms with Crippen molar-refractivity contribution in [2.45, 2.75) is 53.6 Å². The van der Waals surface area contributed by atoms with Crippen LogP contribution < -0.4 is 4.90 Å². The van der Waals surface area contributed by atoms with E-state index < -0.39 is 11.9 Å². The van der Waals surface area contributed by atoms with Crippen molar-refractivity contribution in [2.75, 3.05) is 18.0 Å². The molecule has 1 aromatic heterocycles. The molecule has 1 heterocycles. The van der Waals surface area contributed by atoms with Crippen LogP contribution in [0.5, 0.6) is 0 Å². The first-order valence-corrected chi connectivity index (χ1v) is 9.84. The number of hydrogen-bond donors (Lipinski definition) is 0. The highest BCUT2D eigenvalue weighted by molar-refractivity contribution is 5.85. The van der Waals surface area contributed by atoms with Gasteiger partial charge in [0, 0.05) is 13.1 Å². The molecule has 0 saturated carbocycles. The Morgan fingerprint density at radius 2 is 1.57 bits per heavy atom. The minimum Gasteiger partial charge on any atom is -0.462 e. The lowest BCUT2D eigenvalue weighted by atomic mass is 10.0. The van der Waals surface area contributed by atoms with Crippen LogP contribution in [0.15, 0.2) is 24.3 Å². The Morgan fingerprint density at radius 1 is 1.04 bits per heavy atom. The van der Waals surface area contributed by atoms with Gasteiger partial charge < -0.3 is 9.64 Å². The number of esters is 1. The van der Waals surface area contributed by atoms with Crippen LogP contribution in [0.1, 0.15) is 53.2 Å². The number of nitriles is 1. The Morgan fingerprint density at radius 3 is 2.04 bits per heavy atom. The molecule has 0 bridgehead atoms. The number of carbonyl (C=O) groups excluding carboxylic acids is 1. The van der Waals surface area contributed by atoms with Crippen LogP contribution in [0.4, 0.5) is 5.82 Å². The maximum Gasteiger partial charge on any atom is 0.329 e. The molecule has 1 atom stereocenters. The Hall–Kier alpha value is -2.68. The van der Waals surface area contributed by atoms with Gasteiger partial charge in [-0.15, -0.1) is 0 Å². The van der Waals surface area contributed by atoms with Crippen LogP contribution in [-0.2, 0) is 9.53 Å². The van der Waals surface area contributed by atoms with E-state index in [4.69, 9.17) is 9.72 Å². The topological polar surface area (TPSA) is 79.1 Å². The second kappa shape index (κ2) is 9.50. The van der Waals surface area contributed by atoms with Gasteiger partial charge in [-0.05, 0) is 37.8 Å². The quantitative estimate of drug-likeness (QED) is 0.633. The van der Waals surface area contributed by atoms with E-state index in [2.05, 4.69) is 43.6 Å². The summed E-state index contributed by atoms with van der Waals surface area (Å²) in [7, 11) is 0. The number of aromatic nitrogens is 2. The number of fused-ring (bicyclic) bond motifs is 1. The normalized spacial score (nSPS) is 12.4. The zero-order valence-electron chi connectivity index (χ0n) is 17.6. The van der Waals surface area contributed by atoms with Gasteiger partial charge in [0.05, 0.1) is 23.2 Å². The molecule has 2 aromatic rings. The molecule has 6 nitrogen and oxygen atoms in total. The lowest BCUT2D eigenvalue weighted by Crippen LogP contribution is -2.34. The third-order valence-electron chi connectivity index (χ3n) is 4.04. The summed E-state index contributed by atoms with van der Waals surface area (Å²) in [6, 6.07) is 9.60. The summed E-state index contributed by atoms with van der Waals surface area (Å²) < 4.78 is 5.32. The lowest BCUT2D eigenvalue weighted by molar-refractivity contribution is -0.147. The summed E-state index contributed by atoms with van der Waals surface area (Å²) in [5, 5.41) is 9.77. The first kappa shape index (κ1) is 21.6. The average Bonchev–Trinajstić information content (AvgIpc) is 2.59. The first-order chi connectivity index (χ1) is 13.2. The van der Waals surface area contributed by atoms with Crippen LogP contribution in [0.25, 0.3) is 11.0 Å². The molecular formula is C22H30N4O2. The number of hydrogen-bond acceptors (Lipinski definition) is 6. The van der Waals surface area contributed by atoms with E-state index in [1.54, 1.807) is 13.8 Å². The number of anilines is 1. The highest BCUT2D eigenvalue weighted by atomic mass is 16.5. The summed E-state index contributed by atoms with van der Waals surface area (Å²) in [5.41, 5.74) is 1.77. The number of benzene rings is 1. The van der Waals surface area contributed by atoms with E-state index in [0.29, 0.717) is 28.9 Å². The van der Waals surface area contributed by atoms with Crippen LogP contribution in [0.2, 0.25) is 0 Å². The largest absolute Gasteiger partial charge is 0.462 e. The number of rotatable bonds is 8. The van der Waals surface area contributed by atoms with Gasteiger partial charge in [-0.3, -0.25) is 4.79 Å². The van der Waals surface area contributed by atoms with Crippen molar-refractivity contribution in [1.82, 2.24) is 9.97 Å². The molecule has 0 amide bonds. The van der Waals surface area contributed by atoms with Crippen LogP contribution in [0.3, 0.4) is 0 Å². The first-order valence-electron chi connectivity index (χ1n) is 9.84. The van der Waals surface area contributed by atoms with Gasteiger partial charge in [0.15, 0.2) is 11.7 Å². The summed E-state index contributed by atoms with van der Waals surface area (Å²) >= 11 is 0. The average molecular weight is 383 g/mol. The highest BCUT2D eigenvalue weighted by Gasteiger charge is 2.31. The van der Waals surface area contributed by atoms with Gasteiger partial charge in [-0.2, -0.15) is 5.26 Å². The number of nitrogens with zero attached hydrogens (tertiary/aromatic N) is 4. The van der Waals surface area contributed by atoms with E-state index in [9.17, 15) is 10.1 Å². The standard InChI is InChI=1S/C22H30N4O2/c1-14(2)12-26(13-15(3)4)21-20(17(11-23)22(27)28-16(5)6)24-18-9-7-8-10-19(18)25-21/h7-10,14-17H,12-13H2,1-6H3/t17-/m0/s1. The third kappa shape index (κ3) is 5.41. The van der Waals surface area contributed by atoms with Crippen molar-refractivity contribution in [3.05, 3.63) is 30.0 Å². The predicted molar refractivity (Wildman–Crippen MR) is 111 cm³/mol. The van der Waals surface area contributed by atoms with Gasteiger partial charge in [0.25, 0.3) is 0 Å².